The molecule has 2 heterocycles. The van der Waals surface area contributed by atoms with Crippen LogP contribution in [0.2, 0.25) is 0 Å². The number of rotatable bonds is 10. The van der Waals surface area contributed by atoms with Crippen LogP contribution >= 0.6 is 0 Å². The van der Waals surface area contributed by atoms with Crippen LogP contribution in [0.1, 0.15) is 18.4 Å². The standard InChI is InChI=1S/C25H31N5O3/c1-31-15-12-27-17-18-2-5-20(6-3-18)29-25-28-11-8-23(30-25)19-4-7-24(22(26)16-19)33-21-9-13-32-14-10-21/h2-8,11,16,21,27H,9-10,12-15,17,26H2,1H3,(H,28,29,30). The van der Waals surface area contributed by atoms with Gasteiger partial charge >= 0.3 is 0 Å². The molecule has 4 N–H and O–H groups in total. The Balaban J connectivity index is 1.38. The van der Waals surface area contributed by atoms with Crippen molar-refractivity contribution in [3.63, 3.8) is 0 Å². The van der Waals surface area contributed by atoms with E-state index in [2.05, 4.69) is 32.7 Å². The van der Waals surface area contributed by atoms with Gasteiger partial charge in [0, 0.05) is 50.5 Å². The van der Waals surface area contributed by atoms with E-state index >= 15 is 0 Å². The summed E-state index contributed by atoms with van der Waals surface area (Å²) in [5, 5.41) is 6.60. The Morgan fingerprint density at radius 3 is 2.67 bits per heavy atom. The highest BCUT2D eigenvalue weighted by molar-refractivity contribution is 5.69. The molecule has 0 saturated carbocycles. The molecule has 1 saturated heterocycles. The van der Waals surface area contributed by atoms with E-state index < -0.39 is 0 Å². The largest absolute Gasteiger partial charge is 0.488 e. The van der Waals surface area contributed by atoms with Crippen LogP contribution in [-0.4, -0.2) is 49.5 Å². The summed E-state index contributed by atoms with van der Waals surface area (Å²) in [5.41, 5.74) is 10.7. The first kappa shape index (κ1) is 23.0. The van der Waals surface area contributed by atoms with Gasteiger partial charge in [-0.3, -0.25) is 0 Å². The molecule has 0 spiro atoms. The van der Waals surface area contributed by atoms with Gasteiger partial charge in [0.05, 0.1) is 31.2 Å². The highest BCUT2D eigenvalue weighted by atomic mass is 16.5. The molecule has 174 valence electrons. The second-order valence-electron chi connectivity index (χ2n) is 7.94. The molecule has 1 aliphatic heterocycles. The fourth-order valence-electron chi connectivity index (χ4n) is 3.61. The molecule has 1 aliphatic rings. The average molecular weight is 450 g/mol. The summed E-state index contributed by atoms with van der Waals surface area (Å²) in [6, 6.07) is 15.8. The van der Waals surface area contributed by atoms with E-state index in [1.807, 2.05) is 36.4 Å². The molecule has 33 heavy (non-hydrogen) atoms. The van der Waals surface area contributed by atoms with Crippen molar-refractivity contribution in [2.24, 2.45) is 0 Å². The predicted octanol–water partition coefficient (Wildman–Crippen LogP) is 3.76. The van der Waals surface area contributed by atoms with Crippen molar-refractivity contribution in [3.8, 4) is 17.0 Å². The summed E-state index contributed by atoms with van der Waals surface area (Å²) in [5.74, 6) is 1.23. The molecule has 1 aromatic heterocycles. The van der Waals surface area contributed by atoms with Crippen LogP contribution in [0, 0.1) is 0 Å². The van der Waals surface area contributed by atoms with Crippen molar-refractivity contribution in [2.45, 2.75) is 25.5 Å². The van der Waals surface area contributed by atoms with Crippen LogP contribution in [0.5, 0.6) is 5.75 Å². The van der Waals surface area contributed by atoms with Gasteiger partial charge in [-0.25, -0.2) is 9.97 Å². The Kier molecular flexibility index (Phi) is 8.08. The molecule has 0 radical (unpaired) electrons. The third kappa shape index (κ3) is 6.64. The molecule has 1 fully saturated rings. The Morgan fingerprint density at radius 1 is 1.09 bits per heavy atom. The van der Waals surface area contributed by atoms with E-state index in [1.54, 1.807) is 13.3 Å². The van der Waals surface area contributed by atoms with Gasteiger partial charge in [-0.2, -0.15) is 0 Å². The molecule has 0 aliphatic carbocycles. The normalized spacial score (nSPS) is 14.2. The van der Waals surface area contributed by atoms with Crippen molar-refractivity contribution in [2.75, 3.05) is 44.5 Å². The zero-order valence-electron chi connectivity index (χ0n) is 18.9. The minimum absolute atomic E-state index is 0.147. The monoisotopic (exact) mass is 449 g/mol. The molecule has 4 rings (SSSR count). The number of aromatic nitrogens is 2. The van der Waals surface area contributed by atoms with Crippen LogP contribution in [0.25, 0.3) is 11.3 Å². The van der Waals surface area contributed by atoms with Gasteiger partial charge in [-0.15, -0.1) is 0 Å². The number of benzene rings is 2. The summed E-state index contributed by atoms with van der Waals surface area (Å²) < 4.78 is 16.5. The first-order valence-electron chi connectivity index (χ1n) is 11.2. The van der Waals surface area contributed by atoms with E-state index in [9.17, 15) is 0 Å². The molecule has 3 aromatic rings. The highest BCUT2D eigenvalue weighted by Gasteiger charge is 2.17. The number of nitrogens with one attached hydrogen (secondary N) is 2. The quantitative estimate of drug-likeness (QED) is 0.318. The fourth-order valence-corrected chi connectivity index (χ4v) is 3.61. The maximum absolute atomic E-state index is 6.28. The molecule has 0 amide bonds. The zero-order valence-corrected chi connectivity index (χ0v) is 18.9. The summed E-state index contributed by atoms with van der Waals surface area (Å²) in [4.78, 5) is 9.01. The third-order valence-corrected chi connectivity index (χ3v) is 5.45. The Hall–Kier alpha value is -3.20. The van der Waals surface area contributed by atoms with Crippen molar-refractivity contribution < 1.29 is 14.2 Å². The van der Waals surface area contributed by atoms with Crippen LogP contribution in [0.3, 0.4) is 0 Å². The molecule has 8 heteroatoms. The zero-order chi connectivity index (χ0) is 22.9. The Bertz CT molecular complexity index is 1020. The van der Waals surface area contributed by atoms with Gasteiger partial charge in [0.25, 0.3) is 0 Å². The maximum atomic E-state index is 6.28. The van der Waals surface area contributed by atoms with Crippen molar-refractivity contribution in [1.82, 2.24) is 15.3 Å². The third-order valence-electron chi connectivity index (χ3n) is 5.45. The first-order chi connectivity index (χ1) is 16.2. The van der Waals surface area contributed by atoms with Gasteiger partial charge in [-0.05, 0) is 42.0 Å². The van der Waals surface area contributed by atoms with E-state index in [-0.39, 0.29) is 6.10 Å². The van der Waals surface area contributed by atoms with Crippen molar-refractivity contribution >= 4 is 17.3 Å². The lowest BCUT2D eigenvalue weighted by Gasteiger charge is -2.24. The van der Waals surface area contributed by atoms with Crippen LogP contribution in [-0.2, 0) is 16.0 Å². The molecular formula is C25H31N5O3. The second kappa shape index (κ2) is 11.6. The summed E-state index contributed by atoms with van der Waals surface area (Å²) in [6.07, 6.45) is 3.65. The highest BCUT2D eigenvalue weighted by Crippen LogP contribution is 2.30. The number of hydrogen-bond donors (Lipinski definition) is 3. The average Bonchev–Trinajstić information content (AvgIpc) is 2.85. The number of nitrogen functional groups attached to an aromatic ring is 1. The van der Waals surface area contributed by atoms with Gasteiger partial charge in [0.2, 0.25) is 5.95 Å². The molecule has 0 bridgehead atoms. The van der Waals surface area contributed by atoms with Crippen LogP contribution in [0.4, 0.5) is 17.3 Å². The predicted molar refractivity (Wildman–Crippen MR) is 130 cm³/mol. The molecule has 2 aromatic carbocycles. The molecule has 0 unspecified atom stereocenters. The lowest BCUT2D eigenvalue weighted by Crippen LogP contribution is -2.26. The number of nitrogens with two attached hydrogens (primary N) is 1. The number of nitrogens with zero attached hydrogens (tertiary/aromatic N) is 2. The number of ether oxygens (including phenoxy) is 3. The summed E-state index contributed by atoms with van der Waals surface area (Å²) >= 11 is 0. The molecule has 0 atom stereocenters. The minimum Gasteiger partial charge on any atom is -0.488 e. The number of hydrogen-bond acceptors (Lipinski definition) is 8. The first-order valence-corrected chi connectivity index (χ1v) is 11.2. The number of methoxy groups -OCH3 is 1. The maximum Gasteiger partial charge on any atom is 0.227 e. The number of anilines is 3. The van der Waals surface area contributed by atoms with Crippen molar-refractivity contribution in [3.05, 3.63) is 60.3 Å². The summed E-state index contributed by atoms with van der Waals surface area (Å²) in [7, 11) is 1.70. The van der Waals surface area contributed by atoms with Crippen LogP contribution in [0.15, 0.2) is 54.7 Å². The lowest BCUT2D eigenvalue weighted by atomic mass is 10.1. The van der Waals surface area contributed by atoms with E-state index in [4.69, 9.17) is 19.9 Å². The fraction of sp³-hybridized carbons (Fsp3) is 0.360. The minimum atomic E-state index is 0.147. The molecule has 8 nitrogen and oxygen atoms in total. The van der Waals surface area contributed by atoms with Crippen LogP contribution < -0.4 is 21.1 Å². The Morgan fingerprint density at radius 2 is 1.91 bits per heavy atom. The topological polar surface area (TPSA) is 104 Å². The second-order valence-corrected chi connectivity index (χ2v) is 7.94. The van der Waals surface area contributed by atoms with Crippen molar-refractivity contribution in [1.29, 1.82) is 0 Å². The molecular weight excluding hydrogens is 418 g/mol. The van der Waals surface area contributed by atoms with Gasteiger partial charge < -0.3 is 30.6 Å². The smallest absolute Gasteiger partial charge is 0.227 e. The van der Waals surface area contributed by atoms with Gasteiger partial charge in [0.1, 0.15) is 11.9 Å². The Labute approximate surface area is 194 Å². The summed E-state index contributed by atoms with van der Waals surface area (Å²) in [6.45, 7) is 3.78. The lowest BCUT2D eigenvalue weighted by molar-refractivity contribution is 0.0259. The van der Waals surface area contributed by atoms with Gasteiger partial charge in [0.15, 0.2) is 0 Å². The van der Waals surface area contributed by atoms with Gasteiger partial charge in [-0.1, -0.05) is 12.1 Å². The van der Waals surface area contributed by atoms with E-state index in [1.165, 1.54) is 5.56 Å². The SMILES string of the molecule is COCCNCc1ccc(Nc2nccc(-c3ccc(OC4CCOCC4)c(N)c3)n2)cc1. The van der Waals surface area contributed by atoms with E-state index in [0.717, 1.165) is 56.1 Å². The van der Waals surface area contributed by atoms with E-state index in [0.29, 0.717) is 24.0 Å².